The van der Waals surface area contributed by atoms with Crippen LogP contribution in [0, 0.1) is 10.1 Å². The Labute approximate surface area is 411 Å². The number of hydrogen-bond acceptors (Lipinski definition) is 9. The van der Waals surface area contributed by atoms with Crippen molar-refractivity contribution in [3.05, 3.63) is 200 Å². The second-order valence-corrected chi connectivity index (χ2v) is 30.8. The normalized spacial score (nSPS) is 11.9. The highest BCUT2D eigenvalue weighted by Gasteiger charge is 2.19. The molecule has 6 aromatic carbocycles. The summed E-state index contributed by atoms with van der Waals surface area (Å²) in [4.78, 5) is 36.9. The molecule has 0 amide bonds. The summed E-state index contributed by atoms with van der Waals surface area (Å²) in [6.07, 6.45) is 8.01. The van der Waals surface area contributed by atoms with E-state index in [1.165, 1.54) is 18.2 Å². The number of non-ortho nitro benzene ring substituents is 1. The second kappa shape index (κ2) is 22.8. The maximum Gasteiger partial charge on any atom is 0.270 e. The zero-order valence-electron chi connectivity index (χ0n) is 40.7. The number of anilines is 1. The minimum Gasteiger partial charge on any atom is -0.399 e. The molecule has 0 fully saturated rings. The molecular weight excluding hydrogens is 909 g/mol. The van der Waals surface area contributed by atoms with Crippen molar-refractivity contribution in [2.75, 3.05) is 18.9 Å². The highest BCUT2D eigenvalue weighted by molar-refractivity contribution is 6.76. The first kappa shape index (κ1) is 50.5. The number of ketones is 2. The molecule has 0 unspecified atom stereocenters. The van der Waals surface area contributed by atoms with Gasteiger partial charge < -0.3 is 15.2 Å². The average molecular weight is 969 g/mol. The van der Waals surface area contributed by atoms with Gasteiger partial charge in [0.05, 0.1) is 27.3 Å². The highest BCUT2D eigenvalue weighted by atomic mass is 28.3. The van der Waals surface area contributed by atoms with E-state index in [1.54, 1.807) is 47.1 Å². The van der Waals surface area contributed by atoms with Crippen molar-refractivity contribution in [1.29, 1.82) is 0 Å². The lowest BCUT2D eigenvalue weighted by atomic mass is 10.0. The van der Waals surface area contributed by atoms with Crippen LogP contribution in [0.25, 0.3) is 46.1 Å². The Morgan fingerprint density at radius 3 is 1.41 bits per heavy atom. The van der Waals surface area contributed by atoms with Crippen LogP contribution in [0.3, 0.4) is 0 Å². The summed E-state index contributed by atoms with van der Waals surface area (Å²) in [6.45, 7) is 15.9. The monoisotopic (exact) mass is 968 g/mol. The van der Waals surface area contributed by atoms with Crippen LogP contribution in [0.2, 0.25) is 51.4 Å². The molecule has 0 aliphatic heterocycles. The van der Waals surface area contributed by atoms with E-state index in [4.69, 9.17) is 25.4 Å². The topological polar surface area (TPSA) is 157 Å². The summed E-state index contributed by atoms with van der Waals surface area (Å²) >= 11 is 0. The number of carbonyl (C=O) groups is 2. The van der Waals surface area contributed by atoms with Crippen molar-refractivity contribution < 1.29 is 24.0 Å². The number of aromatic nitrogens is 4. The Balaban J connectivity index is 0.000000207. The van der Waals surface area contributed by atoms with Crippen molar-refractivity contribution in [1.82, 2.24) is 19.6 Å². The van der Waals surface area contributed by atoms with E-state index < -0.39 is 21.1 Å². The largest absolute Gasteiger partial charge is 0.399 e. The first-order valence-corrected chi connectivity index (χ1v) is 30.8. The van der Waals surface area contributed by atoms with E-state index in [-0.39, 0.29) is 29.5 Å². The van der Waals surface area contributed by atoms with Crippen LogP contribution in [-0.2, 0) is 22.9 Å². The molecule has 2 heterocycles. The first-order chi connectivity index (χ1) is 33.5. The molecule has 0 saturated heterocycles. The van der Waals surface area contributed by atoms with Crippen LogP contribution in [-0.4, -0.2) is 65.4 Å². The zero-order chi connectivity index (χ0) is 49.8. The highest BCUT2D eigenvalue weighted by Crippen LogP contribution is 2.27. The lowest BCUT2D eigenvalue weighted by Gasteiger charge is -2.15. The number of carbonyl (C=O) groups excluding carboxylic acids is 2. The van der Waals surface area contributed by atoms with E-state index in [1.807, 2.05) is 102 Å². The summed E-state index contributed by atoms with van der Waals surface area (Å²) in [5.74, 6) is -0.350. The third kappa shape index (κ3) is 13.9. The zero-order valence-corrected chi connectivity index (χ0v) is 42.7. The van der Waals surface area contributed by atoms with Crippen molar-refractivity contribution in [3.63, 3.8) is 0 Å². The molecule has 12 nitrogen and oxygen atoms in total. The van der Waals surface area contributed by atoms with E-state index in [0.717, 1.165) is 56.4 Å². The lowest BCUT2D eigenvalue weighted by molar-refractivity contribution is -0.384. The molecule has 14 heteroatoms. The Kier molecular flexibility index (Phi) is 16.5. The summed E-state index contributed by atoms with van der Waals surface area (Å²) in [6, 6.07) is 46.2. The van der Waals surface area contributed by atoms with Gasteiger partial charge in [-0.15, -0.1) is 0 Å². The van der Waals surface area contributed by atoms with Crippen molar-refractivity contribution in [2.45, 2.75) is 64.8 Å². The van der Waals surface area contributed by atoms with Gasteiger partial charge in [0.15, 0.2) is 11.6 Å². The molecule has 0 radical (unpaired) electrons. The van der Waals surface area contributed by atoms with Crippen LogP contribution in [0.15, 0.2) is 146 Å². The van der Waals surface area contributed by atoms with Gasteiger partial charge >= 0.3 is 0 Å². The van der Waals surface area contributed by atoms with Gasteiger partial charge in [-0.2, -0.15) is 10.2 Å². The minimum atomic E-state index is -1.23. The molecule has 8 rings (SSSR count). The summed E-state index contributed by atoms with van der Waals surface area (Å²) in [5.41, 5.74) is 13.6. The van der Waals surface area contributed by atoms with E-state index in [0.29, 0.717) is 42.3 Å². The van der Waals surface area contributed by atoms with Gasteiger partial charge in [0.2, 0.25) is 0 Å². The Morgan fingerprint density at radius 2 is 0.986 bits per heavy atom. The maximum absolute atomic E-state index is 13.2. The van der Waals surface area contributed by atoms with Gasteiger partial charge in [-0.05, 0) is 71.8 Å². The van der Waals surface area contributed by atoms with E-state index in [9.17, 15) is 19.7 Å². The number of rotatable bonds is 19. The first-order valence-electron chi connectivity index (χ1n) is 23.3. The van der Waals surface area contributed by atoms with Crippen molar-refractivity contribution in [2.24, 2.45) is 0 Å². The predicted molar refractivity (Wildman–Crippen MR) is 289 cm³/mol. The molecule has 0 spiro atoms. The van der Waals surface area contributed by atoms with Gasteiger partial charge in [-0.25, -0.2) is 9.36 Å². The summed E-state index contributed by atoms with van der Waals surface area (Å²) < 4.78 is 15.6. The number of nitrogens with two attached hydrogens (primary N) is 1. The number of ether oxygens (including phenoxy) is 2. The molecule has 70 heavy (non-hydrogen) atoms. The van der Waals surface area contributed by atoms with Gasteiger partial charge in [-0.1, -0.05) is 148 Å². The SMILES string of the molecule is C[Si](C)(C)CCOCn1nc(/C=C/c2ccccc2)c2ccc(C(=O)c3cccc(N)c3)cc21.C[Si](C)(C)CCOCn1nc(/C=C/c2ccccc2)c2ccc(C(=O)c3cccc([N+](=O)[O-])c3)cc21. The number of nitro groups is 1. The number of nitrogen functional groups attached to an aromatic ring is 1. The second-order valence-electron chi connectivity index (χ2n) is 19.5. The molecule has 0 atom stereocenters. The Bertz CT molecular complexity index is 3170. The van der Waals surface area contributed by atoms with Crippen LogP contribution < -0.4 is 5.73 Å². The molecule has 0 aliphatic carbocycles. The van der Waals surface area contributed by atoms with Gasteiger partial charge in [0, 0.05) is 80.2 Å². The van der Waals surface area contributed by atoms with Crippen molar-refractivity contribution in [3.8, 4) is 0 Å². The number of fused-ring (bicyclic) bond motifs is 2. The molecule has 8 aromatic rings. The van der Waals surface area contributed by atoms with Gasteiger partial charge in [0.1, 0.15) is 13.5 Å². The van der Waals surface area contributed by atoms with Gasteiger partial charge in [-0.3, -0.25) is 19.7 Å². The molecule has 358 valence electrons. The minimum absolute atomic E-state index is 0.0667. The summed E-state index contributed by atoms with van der Waals surface area (Å²) in [5, 5.41) is 22.6. The van der Waals surface area contributed by atoms with Crippen LogP contribution in [0.5, 0.6) is 0 Å². The molecular formula is C56H60N6O6Si2. The maximum atomic E-state index is 13.2. The fourth-order valence-electron chi connectivity index (χ4n) is 7.44. The Hall–Kier alpha value is -7.37. The van der Waals surface area contributed by atoms with Crippen LogP contribution >= 0.6 is 0 Å². The fourth-order valence-corrected chi connectivity index (χ4v) is 8.95. The standard InChI is InChI=1S/C28H29N3O4Si.C28H31N3O2Si/c1-36(2,3)17-16-35-20-30-27-19-23(28(32)22-10-7-11-24(18-22)31(33)34)13-14-25(27)26(29-30)15-12-21-8-5-4-6-9-21;1-34(2,3)17-16-33-20-31-27-19-23(28(32)22-10-7-11-24(29)18-22)13-14-25(27)26(30-31)15-12-21-8-5-4-6-9-21/h4-15,18-19H,16-17,20H2,1-3H3;4-15,18-19H,16-17,20,29H2,1-3H3/b2*15-12+. The number of nitrogens with zero attached hydrogens (tertiary/aromatic N) is 5. The third-order valence-corrected chi connectivity index (χ3v) is 14.8. The van der Waals surface area contributed by atoms with E-state index in [2.05, 4.69) is 51.4 Å². The quantitative estimate of drug-likeness (QED) is 0.0208. The molecule has 2 N–H and O–H groups in total. The third-order valence-electron chi connectivity index (χ3n) is 11.4. The lowest BCUT2D eigenvalue weighted by Crippen LogP contribution is -2.22. The number of benzene rings is 6. The number of nitro benzene ring substituents is 1. The van der Waals surface area contributed by atoms with E-state index >= 15 is 0 Å². The Morgan fingerprint density at radius 1 is 0.557 bits per heavy atom. The van der Waals surface area contributed by atoms with Gasteiger partial charge in [0.25, 0.3) is 5.69 Å². The van der Waals surface area contributed by atoms with Crippen LogP contribution in [0.1, 0.15) is 54.4 Å². The average Bonchev–Trinajstić information content (AvgIpc) is 3.88. The fraction of sp³-hybridized carbons (Fsp3) is 0.214. The molecule has 0 saturated carbocycles. The molecule has 0 bridgehead atoms. The summed E-state index contributed by atoms with van der Waals surface area (Å²) in [7, 11) is -2.41. The van der Waals surface area contributed by atoms with Crippen LogP contribution in [0.4, 0.5) is 11.4 Å². The molecule has 0 aliphatic rings. The molecule has 2 aromatic heterocycles. The predicted octanol–water partition coefficient (Wildman–Crippen LogP) is 13.0. The number of hydrogen-bond donors (Lipinski definition) is 1. The van der Waals surface area contributed by atoms with Crippen molar-refractivity contribution >= 4 is 85.2 Å². The smallest absolute Gasteiger partial charge is 0.270 e.